The normalized spacial score (nSPS) is 17.7. The number of hydrogen-bond acceptors (Lipinski definition) is 3. The number of ether oxygens (including phenoxy) is 2. The molecule has 2 rings (SSSR count). The second kappa shape index (κ2) is 4.53. The van der Waals surface area contributed by atoms with Crippen molar-refractivity contribution in [3.05, 3.63) is 23.8 Å². The molecule has 0 bridgehead atoms. The maximum Gasteiger partial charge on any atom is 0.119 e. The van der Waals surface area contributed by atoms with Crippen molar-refractivity contribution in [3.8, 4) is 11.5 Å². The molecule has 0 unspecified atom stereocenters. The van der Waals surface area contributed by atoms with Crippen LogP contribution in [0, 0.1) is 0 Å². The monoisotopic (exact) mass is 208 g/mol. The molecule has 1 aromatic rings. The Kier molecular flexibility index (Phi) is 3.11. The van der Waals surface area contributed by atoms with Crippen LogP contribution in [0.3, 0.4) is 0 Å². The van der Waals surface area contributed by atoms with Crippen LogP contribution in [0.2, 0.25) is 0 Å². The Bertz CT molecular complexity index is 330. The van der Waals surface area contributed by atoms with Crippen LogP contribution in [0.25, 0.3) is 0 Å². The Morgan fingerprint density at radius 2 is 2.07 bits per heavy atom. The van der Waals surface area contributed by atoms with Gasteiger partial charge in [-0.3, -0.25) is 0 Å². The summed E-state index contributed by atoms with van der Waals surface area (Å²) < 4.78 is 10.5. The molecule has 1 fully saturated rings. The van der Waals surface area contributed by atoms with Crippen molar-refractivity contribution in [3.63, 3.8) is 0 Å². The van der Waals surface area contributed by atoms with E-state index in [0.717, 1.165) is 37.4 Å². The fourth-order valence-corrected chi connectivity index (χ4v) is 2.00. The Labute approximate surface area is 89.6 Å². The summed E-state index contributed by atoms with van der Waals surface area (Å²) in [5.74, 6) is 1.56. The number of phenols is 1. The summed E-state index contributed by atoms with van der Waals surface area (Å²) in [6, 6.07) is 5.40. The van der Waals surface area contributed by atoms with Gasteiger partial charge >= 0.3 is 0 Å². The lowest BCUT2D eigenvalue weighted by molar-refractivity contribution is 0.0848. The van der Waals surface area contributed by atoms with Gasteiger partial charge in [-0.05, 0) is 37.0 Å². The molecule has 3 heteroatoms. The van der Waals surface area contributed by atoms with Crippen LogP contribution < -0.4 is 4.74 Å². The molecule has 1 saturated heterocycles. The molecule has 0 amide bonds. The summed E-state index contributed by atoms with van der Waals surface area (Å²) in [5, 5.41) is 9.79. The first kappa shape index (κ1) is 10.3. The van der Waals surface area contributed by atoms with Crippen molar-refractivity contribution in [1.82, 2.24) is 0 Å². The highest BCUT2D eigenvalue weighted by atomic mass is 16.5. The molecular weight excluding hydrogens is 192 g/mol. The summed E-state index contributed by atoms with van der Waals surface area (Å²) in [6.45, 7) is 1.56. The molecule has 1 aromatic carbocycles. The largest absolute Gasteiger partial charge is 0.508 e. The van der Waals surface area contributed by atoms with Gasteiger partial charge in [0.25, 0.3) is 0 Å². The third-order valence-electron chi connectivity index (χ3n) is 2.90. The van der Waals surface area contributed by atoms with Gasteiger partial charge in [-0.1, -0.05) is 0 Å². The van der Waals surface area contributed by atoms with Crippen LogP contribution >= 0.6 is 0 Å². The number of hydrogen-bond donors (Lipinski definition) is 1. The average Bonchev–Trinajstić information content (AvgIpc) is 2.31. The Hall–Kier alpha value is -1.22. The zero-order valence-corrected chi connectivity index (χ0v) is 8.90. The van der Waals surface area contributed by atoms with Gasteiger partial charge in [0.2, 0.25) is 0 Å². The Balaban J connectivity index is 2.24. The van der Waals surface area contributed by atoms with Crippen LogP contribution in [-0.2, 0) is 4.74 Å². The standard InChI is InChI=1S/C12H16O3/c1-14-10-2-3-12(13)11(8-10)9-4-6-15-7-5-9/h2-3,8-9,13H,4-7H2,1H3. The molecule has 0 aromatic heterocycles. The van der Waals surface area contributed by atoms with E-state index in [1.54, 1.807) is 19.2 Å². The lowest BCUT2D eigenvalue weighted by Crippen LogP contribution is -2.14. The predicted octanol–water partition coefficient (Wildman–Crippen LogP) is 2.29. The van der Waals surface area contributed by atoms with Crippen molar-refractivity contribution in [2.75, 3.05) is 20.3 Å². The maximum absolute atomic E-state index is 9.79. The van der Waals surface area contributed by atoms with E-state index < -0.39 is 0 Å². The first-order valence-corrected chi connectivity index (χ1v) is 5.26. The highest BCUT2D eigenvalue weighted by molar-refractivity contribution is 5.41. The van der Waals surface area contributed by atoms with E-state index in [0.29, 0.717) is 11.7 Å². The van der Waals surface area contributed by atoms with Gasteiger partial charge in [0.05, 0.1) is 7.11 Å². The number of phenolic OH excluding ortho intramolecular Hbond substituents is 1. The lowest BCUT2D eigenvalue weighted by atomic mass is 9.91. The highest BCUT2D eigenvalue weighted by Gasteiger charge is 2.19. The van der Waals surface area contributed by atoms with Gasteiger partial charge < -0.3 is 14.6 Å². The minimum Gasteiger partial charge on any atom is -0.508 e. The van der Waals surface area contributed by atoms with E-state index in [1.807, 2.05) is 6.07 Å². The molecule has 0 atom stereocenters. The maximum atomic E-state index is 9.79. The van der Waals surface area contributed by atoms with E-state index in [-0.39, 0.29) is 0 Å². The third kappa shape index (κ3) is 2.23. The number of aromatic hydroxyl groups is 1. The van der Waals surface area contributed by atoms with E-state index >= 15 is 0 Å². The van der Waals surface area contributed by atoms with Gasteiger partial charge in [0.15, 0.2) is 0 Å². The first-order chi connectivity index (χ1) is 7.31. The van der Waals surface area contributed by atoms with Gasteiger partial charge in [0.1, 0.15) is 11.5 Å². The molecule has 0 aliphatic carbocycles. The summed E-state index contributed by atoms with van der Waals surface area (Å²) in [7, 11) is 1.64. The quantitative estimate of drug-likeness (QED) is 0.810. The molecular formula is C12H16O3. The molecule has 0 spiro atoms. The van der Waals surface area contributed by atoms with Crippen molar-refractivity contribution >= 4 is 0 Å². The summed E-state index contributed by atoms with van der Waals surface area (Å²) in [6.07, 6.45) is 1.95. The molecule has 0 saturated carbocycles. The van der Waals surface area contributed by atoms with Crippen LogP contribution in [0.15, 0.2) is 18.2 Å². The fraction of sp³-hybridized carbons (Fsp3) is 0.500. The molecule has 82 valence electrons. The first-order valence-electron chi connectivity index (χ1n) is 5.26. The molecule has 1 N–H and O–H groups in total. The Morgan fingerprint density at radius 3 is 2.73 bits per heavy atom. The number of rotatable bonds is 2. The summed E-state index contributed by atoms with van der Waals surface area (Å²) >= 11 is 0. The summed E-state index contributed by atoms with van der Waals surface area (Å²) in [5.41, 5.74) is 0.984. The lowest BCUT2D eigenvalue weighted by Gasteiger charge is -2.23. The molecule has 1 aliphatic rings. The van der Waals surface area contributed by atoms with E-state index in [9.17, 15) is 5.11 Å². The van der Waals surface area contributed by atoms with Gasteiger partial charge in [-0.25, -0.2) is 0 Å². The van der Waals surface area contributed by atoms with Crippen molar-refractivity contribution in [1.29, 1.82) is 0 Å². The zero-order chi connectivity index (χ0) is 10.7. The van der Waals surface area contributed by atoms with E-state index in [2.05, 4.69) is 0 Å². The number of methoxy groups -OCH3 is 1. The summed E-state index contributed by atoms with van der Waals surface area (Å²) in [4.78, 5) is 0. The molecule has 1 heterocycles. The minimum atomic E-state index is 0.364. The van der Waals surface area contributed by atoms with E-state index in [1.165, 1.54) is 0 Å². The van der Waals surface area contributed by atoms with Crippen LogP contribution in [-0.4, -0.2) is 25.4 Å². The van der Waals surface area contributed by atoms with Gasteiger partial charge in [-0.2, -0.15) is 0 Å². The zero-order valence-electron chi connectivity index (χ0n) is 8.90. The topological polar surface area (TPSA) is 38.7 Å². The highest BCUT2D eigenvalue weighted by Crippen LogP contribution is 2.35. The molecule has 0 radical (unpaired) electrons. The number of benzene rings is 1. The van der Waals surface area contributed by atoms with Gasteiger partial charge in [-0.15, -0.1) is 0 Å². The SMILES string of the molecule is COc1ccc(O)c(C2CCOCC2)c1. The smallest absolute Gasteiger partial charge is 0.119 e. The minimum absolute atomic E-state index is 0.364. The van der Waals surface area contributed by atoms with Crippen LogP contribution in [0.1, 0.15) is 24.3 Å². The molecule has 3 nitrogen and oxygen atoms in total. The van der Waals surface area contributed by atoms with Crippen LogP contribution in [0.5, 0.6) is 11.5 Å². The van der Waals surface area contributed by atoms with E-state index in [4.69, 9.17) is 9.47 Å². The van der Waals surface area contributed by atoms with Gasteiger partial charge in [0, 0.05) is 18.8 Å². The average molecular weight is 208 g/mol. The van der Waals surface area contributed by atoms with Crippen molar-refractivity contribution in [2.24, 2.45) is 0 Å². The predicted molar refractivity (Wildman–Crippen MR) is 57.5 cm³/mol. The van der Waals surface area contributed by atoms with Crippen molar-refractivity contribution < 1.29 is 14.6 Å². The third-order valence-corrected chi connectivity index (χ3v) is 2.90. The van der Waals surface area contributed by atoms with Crippen molar-refractivity contribution in [2.45, 2.75) is 18.8 Å². The van der Waals surface area contributed by atoms with Crippen LogP contribution in [0.4, 0.5) is 0 Å². The molecule has 1 aliphatic heterocycles. The second-order valence-electron chi connectivity index (χ2n) is 3.81. The fourth-order valence-electron chi connectivity index (χ4n) is 2.00. The molecule has 15 heavy (non-hydrogen) atoms. The second-order valence-corrected chi connectivity index (χ2v) is 3.81. The Morgan fingerprint density at radius 1 is 1.33 bits per heavy atom.